The molecule has 0 radical (unpaired) electrons. The number of thioether (sulfide) groups is 1. The van der Waals surface area contributed by atoms with Crippen molar-refractivity contribution in [2.45, 2.75) is 44.6 Å². The zero-order chi connectivity index (χ0) is 21.3. The first-order valence-electron chi connectivity index (χ1n) is 10.1. The predicted octanol–water partition coefficient (Wildman–Crippen LogP) is 4.10. The first kappa shape index (κ1) is 21.8. The molecule has 3 aromatic heterocycles. The lowest BCUT2D eigenvalue weighted by molar-refractivity contribution is 0.0921. The Kier molecular flexibility index (Phi) is 7.84. The normalized spacial score (nSPS) is 10.8. The molecule has 8 heteroatoms. The number of carbonyl (C=O) groups is 1. The van der Waals surface area contributed by atoms with Gasteiger partial charge < -0.3 is 14.6 Å². The molecule has 0 aliphatic heterocycles. The van der Waals surface area contributed by atoms with Crippen LogP contribution in [-0.2, 0) is 18.7 Å². The van der Waals surface area contributed by atoms with E-state index >= 15 is 0 Å². The number of nitrogens with zero attached hydrogens (tertiary/aromatic N) is 4. The third-order valence-electron chi connectivity index (χ3n) is 4.63. The Balaban J connectivity index is 1.61. The van der Waals surface area contributed by atoms with Gasteiger partial charge >= 0.3 is 0 Å². The number of anilines is 1. The molecule has 3 rings (SSSR count). The molecule has 0 spiro atoms. The quantitative estimate of drug-likeness (QED) is 0.387. The van der Waals surface area contributed by atoms with Gasteiger partial charge in [0.15, 0.2) is 10.9 Å². The molecule has 0 unspecified atom stereocenters. The molecule has 3 heterocycles. The first-order chi connectivity index (χ1) is 14.6. The number of pyridine rings is 1. The van der Waals surface area contributed by atoms with E-state index in [-0.39, 0.29) is 5.91 Å². The monoisotopic (exact) mass is 425 g/mol. The van der Waals surface area contributed by atoms with Crippen LogP contribution in [0.15, 0.2) is 52.3 Å². The minimum absolute atomic E-state index is 0.240. The van der Waals surface area contributed by atoms with E-state index in [9.17, 15) is 4.79 Å². The zero-order valence-electron chi connectivity index (χ0n) is 17.6. The molecule has 0 aliphatic carbocycles. The molecular weight excluding hydrogens is 398 g/mol. The number of aromatic nitrogens is 3. The van der Waals surface area contributed by atoms with Gasteiger partial charge in [0.1, 0.15) is 11.6 Å². The second-order valence-corrected chi connectivity index (χ2v) is 7.56. The number of hydrogen-bond acceptors (Lipinski definition) is 7. The molecule has 30 heavy (non-hydrogen) atoms. The summed E-state index contributed by atoms with van der Waals surface area (Å²) < 4.78 is 5.72. The predicted molar refractivity (Wildman–Crippen MR) is 119 cm³/mol. The van der Waals surface area contributed by atoms with Crippen LogP contribution in [0, 0.1) is 0 Å². The molecule has 3 aromatic rings. The van der Waals surface area contributed by atoms with Crippen LogP contribution in [0.2, 0.25) is 0 Å². The summed E-state index contributed by atoms with van der Waals surface area (Å²) in [4.78, 5) is 27.8. The Bertz CT molecular complexity index is 957. The summed E-state index contributed by atoms with van der Waals surface area (Å²) in [5, 5.41) is 3.57. The van der Waals surface area contributed by atoms with E-state index in [1.54, 1.807) is 18.5 Å². The van der Waals surface area contributed by atoms with E-state index in [1.165, 1.54) is 11.8 Å². The third-order valence-corrected chi connectivity index (χ3v) is 5.50. The van der Waals surface area contributed by atoms with E-state index in [0.717, 1.165) is 41.7 Å². The second kappa shape index (κ2) is 10.8. The molecule has 158 valence electrons. The van der Waals surface area contributed by atoms with Gasteiger partial charge in [-0.25, -0.2) is 9.97 Å². The molecule has 0 atom stereocenters. The molecule has 0 aromatic carbocycles. The van der Waals surface area contributed by atoms with Crippen LogP contribution in [0.5, 0.6) is 0 Å². The summed E-state index contributed by atoms with van der Waals surface area (Å²) >= 11 is 1.51. The van der Waals surface area contributed by atoms with Gasteiger partial charge in [0.05, 0.1) is 5.75 Å². The van der Waals surface area contributed by atoms with Crippen LogP contribution >= 0.6 is 11.8 Å². The number of rotatable bonds is 10. The minimum Gasteiger partial charge on any atom is -0.455 e. The maximum Gasteiger partial charge on any atom is 0.287 e. The highest BCUT2D eigenvalue weighted by Gasteiger charge is 2.13. The van der Waals surface area contributed by atoms with Crippen molar-refractivity contribution >= 4 is 23.5 Å². The maximum absolute atomic E-state index is 12.3. The Hall–Kier alpha value is -2.87. The molecule has 0 saturated heterocycles. The summed E-state index contributed by atoms with van der Waals surface area (Å²) in [5.74, 6) is 2.28. The summed E-state index contributed by atoms with van der Waals surface area (Å²) in [5.41, 5.74) is 2.00. The second-order valence-electron chi connectivity index (χ2n) is 6.62. The topological polar surface area (TPSA) is 84.2 Å². The first-order valence-corrected chi connectivity index (χ1v) is 11.1. The van der Waals surface area contributed by atoms with Crippen molar-refractivity contribution in [1.82, 2.24) is 20.3 Å². The largest absolute Gasteiger partial charge is 0.455 e. The molecule has 1 amide bonds. The average molecular weight is 426 g/mol. The molecule has 0 fully saturated rings. The lowest BCUT2D eigenvalue weighted by Gasteiger charge is -2.20. The van der Waals surface area contributed by atoms with Crippen molar-refractivity contribution in [2.24, 2.45) is 0 Å². The smallest absolute Gasteiger partial charge is 0.287 e. The van der Waals surface area contributed by atoms with Gasteiger partial charge in [-0.15, -0.1) is 0 Å². The number of furan rings is 1. The van der Waals surface area contributed by atoms with E-state index in [2.05, 4.69) is 47.0 Å². The van der Waals surface area contributed by atoms with Gasteiger partial charge in [0, 0.05) is 43.8 Å². The SMILES string of the molecule is CCc1cc(N(CC)CC)nc(SCc2ccc(C(=O)NCc3ccncc3)o2)n1. The molecule has 7 nitrogen and oxygen atoms in total. The fraction of sp³-hybridized carbons (Fsp3) is 0.364. The summed E-state index contributed by atoms with van der Waals surface area (Å²) in [7, 11) is 0. The van der Waals surface area contributed by atoms with Crippen molar-refractivity contribution in [3.63, 3.8) is 0 Å². The van der Waals surface area contributed by atoms with Crippen molar-refractivity contribution in [2.75, 3.05) is 18.0 Å². The van der Waals surface area contributed by atoms with Crippen molar-refractivity contribution in [3.8, 4) is 0 Å². The Morgan fingerprint density at radius 3 is 2.57 bits per heavy atom. The molecule has 0 aliphatic rings. The van der Waals surface area contributed by atoms with Gasteiger partial charge in [-0.05, 0) is 50.1 Å². The van der Waals surface area contributed by atoms with Gasteiger partial charge in [-0.1, -0.05) is 18.7 Å². The standard InChI is InChI=1S/C22H27N5O2S/c1-4-17-13-20(27(5-2)6-3)26-22(25-17)30-15-18-7-8-19(29-18)21(28)24-14-16-9-11-23-12-10-16/h7-13H,4-6,14-15H2,1-3H3,(H,24,28). The van der Waals surface area contributed by atoms with Crippen LogP contribution in [0.3, 0.4) is 0 Å². The lowest BCUT2D eigenvalue weighted by Crippen LogP contribution is -2.23. The maximum atomic E-state index is 12.3. The fourth-order valence-electron chi connectivity index (χ4n) is 2.90. The molecule has 0 bridgehead atoms. The Morgan fingerprint density at radius 2 is 1.87 bits per heavy atom. The van der Waals surface area contributed by atoms with Gasteiger partial charge in [0.25, 0.3) is 5.91 Å². The van der Waals surface area contributed by atoms with Crippen LogP contribution < -0.4 is 10.2 Å². The van der Waals surface area contributed by atoms with Crippen LogP contribution in [0.25, 0.3) is 0 Å². The lowest BCUT2D eigenvalue weighted by atomic mass is 10.2. The summed E-state index contributed by atoms with van der Waals surface area (Å²) in [6.45, 7) is 8.56. The van der Waals surface area contributed by atoms with Crippen LogP contribution in [-0.4, -0.2) is 33.9 Å². The van der Waals surface area contributed by atoms with E-state index in [1.807, 2.05) is 18.2 Å². The number of carbonyl (C=O) groups excluding carboxylic acids is 1. The van der Waals surface area contributed by atoms with Crippen molar-refractivity contribution in [3.05, 3.63) is 65.5 Å². The molecule has 1 N–H and O–H groups in total. The number of amides is 1. The van der Waals surface area contributed by atoms with Crippen LogP contribution in [0.4, 0.5) is 5.82 Å². The fourth-order valence-corrected chi connectivity index (χ4v) is 3.66. The third kappa shape index (κ3) is 5.82. The number of nitrogens with one attached hydrogen (secondary N) is 1. The van der Waals surface area contributed by atoms with Crippen LogP contribution in [0.1, 0.15) is 48.3 Å². The van der Waals surface area contributed by atoms with Crippen molar-refractivity contribution in [1.29, 1.82) is 0 Å². The molecule has 0 saturated carbocycles. The van der Waals surface area contributed by atoms with Gasteiger partial charge in [0.2, 0.25) is 0 Å². The van der Waals surface area contributed by atoms with E-state index < -0.39 is 0 Å². The minimum atomic E-state index is -0.240. The van der Waals surface area contributed by atoms with Gasteiger partial charge in [-0.2, -0.15) is 0 Å². The highest BCUT2D eigenvalue weighted by atomic mass is 32.2. The summed E-state index contributed by atoms with van der Waals surface area (Å²) in [6, 6.07) is 9.30. The number of aryl methyl sites for hydroxylation is 1. The highest BCUT2D eigenvalue weighted by molar-refractivity contribution is 7.98. The highest BCUT2D eigenvalue weighted by Crippen LogP contribution is 2.24. The Labute approximate surface area is 181 Å². The summed E-state index contributed by atoms with van der Waals surface area (Å²) in [6.07, 6.45) is 4.25. The van der Waals surface area contributed by atoms with Crippen molar-refractivity contribution < 1.29 is 9.21 Å². The average Bonchev–Trinajstić information content (AvgIpc) is 3.27. The van der Waals surface area contributed by atoms with E-state index in [0.29, 0.717) is 23.8 Å². The number of hydrogen-bond donors (Lipinski definition) is 1. The zero-order valence-corrected chi connectivity index (χ0v) is 18.4. The van der Waals surface area contributed by atoms with Gasteiger partial charge in [-0.3, -0.25) is 9.78 Å². The van der Waals surface area contributed by atoms with E-state index in [4.69, 9.17) is 9.40 Å². The molecular formula is C22H27N5O2S. The Morgan fingerprint density at radius 1 is 1.10 bits per heavy atom.